The number of anilines is 1. The van der Waals surface area contributed by atoms with Gasteiger partial charge in [-0.25, -0.2) is 0 Å². The molecule has 2 heterocycles. The molecule has 1 fully saturated rings. The summed E-state index contributed by atoms with van der Waals surface area (Å²) in [5.74, 6) is -0.0597. The maximum absolute atomic E-state index is 14.5. The Morgan fingerprint density at radius 3 is 2.47 bits per heavy atom. The minimum Gasteiger partial charge on any atom is -0.324 e. The van der Waals surface area contributed by atoms with E-state index in [0.29, 0.717) is 13.0 Å². The zero-order valence-corrected chi connectivity index (χ0v) is 18.4. The zero-order chi connectivity index (χ0) is 22.1. The maximum atomic E-state index is 14.5. The van der Waals surface area contributed by atoms with Gasteiger partial charge in [-0.3, -0.25) is 14.5 Å². The van der Waals surface area contributed by atoms with Crippen LogP contribution in [0.4, 0.5) is 5.69 Å². The van der Waals surface area contributed by atoms with Crippen molar-refractivity contribution in [3.63, 3.8) is 0 Å². The molecule has 3 atom stereocenters. The van der Waals surface area contributed by atoms with Gasteiger partial charge in [-0.05, 0) is 44.0 Å². The van der Waals surface area contributed by atoms with E-state index in [9.17, 15) is 9.59 Å². The van der Waals surface area contributed by atoms with Crippen LogP contribution in [-0.2, 0) is 16.8 Å². The normalized spacial score (nSPS) is 28.8. The highest BCUT2D eigenvalue weighted by Crippen LogP contribution is 2.65. The van der Waals surface area contributed by atoms with Crippen molar-refractivity contribution in [3.8, 4) is 0 Å². The highest BCUT2D eigenvalue weighted by atomic mass is 16.2. The van der Waals surface area contributed by atoms with Crippen LogP contribution in [0.15, 0.2) is 72.8 Å². The molecule has 0 unspecified atom stereocenters. The lowest BCUT2D eigenvalue weighted by Gasteiger charge is -2.48. The van der Waals surface area contributed by atoms with Crippen molar-refractivity contribution in [2.75, 3.05) is 18.9 Å². The third-order valence-corrected chi connectivity index (χ3v) is 8.10. The highest BCUT2D eigenvalue weighted by molar-refractivity contribution is 6.15. The van der Waals surface area contributed by atoms with Gasteiger partial charge in [-0.1, -0.05) is 72.3 Å². The summed E-state index contributed by atoms with van der Waals surface area (Å²) < 4.78 is 0. The van der Waals surface area contributed by atoms with E-state index >= 15 is 0 Å². The molecule has 2 aliphatic heterocycles. The summed E-state index contributed by atoms with van der Waals surface area (Å²) in [6.45, 7) is 2.73. The van der Waals surface area contributed by atoms with Crippen molar-refractivity contribution in [1.82, 2.24) is 4.90 Å². The SMILES string of the molecule is Cc1ccc([C@@H]2CN(C)[C@]3(C(=O)Nc4ccccc43)[C@]23CCc2ccccc2C3=O)cc1. The number of benzene rings is 3. The molecule has 160 valence electrons. The first-order chi connectivity index (χ1) is 15.5. The van der Waals surface area contributed by atoms with Gasteiger partial charge in [0.15, 0.2) is 5.78 Å². The Bertz CT molecular complexity index is 1260. The van der Waals surface area contributed by atoms with Crippen LogP contribution in [0.1, 0.15) is 45.0 Å². The molecule has 0 saturated carbocycles. The number of likely N-dealkylation sites (N-methyl/N-ethyl adjacent to an activating group) is 1. The van der Waals surface area contributed by atoms with Crippen LogP contribution in [0, 0.1) is 12.3 Å². The van der Waals surface area contributed by atoms with Crippen molar-refractivity contribution in [2.24, 2.45) is 5.41 Å². The standard InChI is InChI=1S/C28H26N2O2/c1-18-11-13-20(14-12-18)23-17-30(2)28(22-9-5-6-10-24(22)29-26(28)32)27(23)16-15-19-7-3-4-8-21(19)25(27)31/h3-14,23H,15-17H2,1-2H3,(H,29,32)/t23-,27+,28+/m0/s1. The van der Waals surface area contributed by atoms with Crippen LogP contribution in [0.2, 0.25) is 0 Å². The molecule has 6 rings (SSSR count). The van der Waals surface area contributed by atoms with E-state index < -0.39 is 11.0 Å². The lowest BCUT2D eigenvalue weighted by molar-refractivity contribution is -0.130. The Labute approximate surface area is 188 Å². The van der Waals surface area contributed by atoms with Crippen molar-refractivity contribution < 1.29 is 9.59 Å². The van der Waals surface area contributed by atoms with Crippen LogP contribution in [0.3, 0.4) is 0 Å². The summed E-state index contributed by atoms with van der Waals surface area (Å²) in [5, 5.41) is 3.12. The molecule has 1 aliphatic carbocycles. The summed E-state index contributed by atoms with van der Waals surface area (Å²) in [6, 6.07) is 24.3. The number of fused-ring (bicyclic) bond motifs is 4. The molecule has 3 aromatic rings. The number of para-hydroxylation sites is 1. The van der Waals surface area contributed by atoms with Gasteiger partial charge < -0.3 is 5.32 Å². The summed E-state index contributed by atoms with van der Waals surface area (Å²) in [7, 11) is 2.01. The first kappa shape index (κ1) is 19.4. The van der Waals surface area contributed by atoms with Gasteiger partial charge in [0.05, 0.1) is 5.41 Å². The van der Waals surface area contributed by atoms with Crippen molar-refractivity contribution in [1.29, 1.82) is 0 Å². The fourth-order valence-electron chi connectivity index (χ4n) is 6.74. The molecule has 3 aromatic carbocycles. The van der Waals surface area contributed by atoms with Crippen LogP contribution >= 0.6 is 0 Å². The third kappa shape index (κ3) is 2.20. The number of Topliss-reactive ketones (excluding diaryl/α,β-unsaturated/α-hetero) is 1. The molecule has 0 bridgehead atoms. The van der Waals surface area contributed by atoms with Gasteiger partial charge in [0.25, 0.3) is 5.91 Å². The van der Waals surface area contributed by atoms with E-state index in [1.807, 2.05) is 49.5 Å². The molecule has 0 aromatic heterocycles. The molecule has 0 radical (unpaired) electrons. The van der Waals surface area contributed by atoms with E-state index in [-0.39, 0.29) is 17.6 Å². The number of ketones is 1. The summed E-state index contributed by atoms with van der Waals surface area (Å²) in [6.07, 6.45) is 1.43. The van der Waals surface area contributed by atoms with Crippen molar-refractivity contribution in [2.45, 2.75) is 31.2 Å². The van der Waals surface area contributed by atoms with Gasteiger partial charge in [0, 0.05) is 29.3 Å². The summed E-state index contributed by atoms with van der Waals surface area (Å²) in [5.41, 5.74) is 4.02. The van der Waals surface area contributed by atoms with Gasteiger partial charge >= 0.3 is 0 Å². The van der Waals surface area contributed by atoms with Crippen molar-refractivity contribution >= 4 is 17.4 Å². The van der Waals surface area contributed by atoms with Crippen molar-refractivity contribution in [3.05, 3.63) is 101 Å². The predicted octanol–water partition coefficient (Wildman–Crippen LogP) is 4.69. The van der Waals surface area contributed by atoms with E-state index in [2.05, 4.69) is 47.5 Å². The second kappa shape index (κ2) is 6.63. The number of nitrogens with one attached hydrogen (secondary N) is 1. The lowest BCUT2D eigenvalue weighted by atomic mass is 9.53. The molecule has 1 saturated heterocycles. The Morgan fingerprint density at radius 2 is 1.66 bits per heavy atom. The number of carbonyl (C=O) groups is 2. The lowest BCUT2D eigenvalue weighted by Crippen LogP contribution is -2.60. The fourth-order valence-corrected chi connectivity index (χ4v) is 6.74. The minimum atomic E-state index is -1.02. The molecule has 2 spiro atoms. The fraction of sp³-hybridized carbons (Fsp3) is 0.286. The monoisotopic (exact) mass is 422 g/mol. The van der Waals surface area contributed by atoms with Crippen LogP contribution in [0.25, 0.3) is 0 Å². The third-order valence-electron chi connectivity index (χ3n) is 8.10. The minimum absolute atomic E-state index is 0.0779. The average Bonchev–Trinajstić information content (AvgIpc) is 3.25. The van der Waals surface area contributed by atoms with Gasteiger partial charge in [-0.15, -0.1) is 0 Å². The summed E-state index contributed by atoms with van der Waals surface area (Å²) >= 11 is 0. The molecule has 1 N–H and O–H groups in total. The van der Waals surface area contributed by atoms with Gasteiger partial charge in [-0.2, -0.15) is 0 Å². The summed E-state index contributed by atoms with van der Waals surface area (Å²) in [4.78, 5) is 30.6. The van der Waals surface area contributed by atoms with Crippen LogP contribution in [0.5, 0.6) is 0 Å². The topological polar surface area (TPSA) is 49.4 Å². The largest absolute Gasteiger partial charge is 0.324 e. The van der Waals surface area contributed by atoms with E-state index in [1.165, 1.54) is 5.56 Å². The number of carbonyl (C=O) groups excluding carboxylic acids is 2. The number of rotatable bonds is 1. The first-order valence-electron chi connectivity index (χ1n) is 11.3. The first-order valence-corrected chi connectivity index (χ1v) is 11.3. The molecular formula is C28H26N2O2. The van der Waals surface area contributed by atoms with Gasteiger partial charge in [0.2, 0.25) is 0 Å². The number of likely N-dealkylation sites (tertiary alicyclic amines) is 1. The van der Waals surface area contributed by atoms with Gasteiger partial charge in [0.1, 0.15) is 5.54 Å². The second-order valence-corrected chi connectivity index (χ2v) is 9.51. The Kier molecular flexibility index (Phi) is 4.03. The number of aryl methyl sites for hydroxylation is 2. The predicted molar refractivity (Wildman–Crippen MR) is 125 cm³/mol. The number of nitrogens with zero attached hydrogens (tertiary/aromatic N) is 1. The Morgan fingerprint density at radius 1 is 0.938 bits per heavy atom. The highest BCUT2D eigenvalue weighted by Gasteiger charge is 2.73. The molecular weight excluding hydrogens is 396 g/mol. The molecule has 32 heavy (non-hydrogen) atoms. The number of hydrogen-bond donors (Lipinski definition) is 1. The maximum Gasteiger partial charge on any atom is 0.250 e. The van der Waals surface area contributed by atoms with Crippen LogP contribution in [-0.4, -0.2) is 30.2 Å². The second-order valence-electron chi connectivity index (χ2n) is 9.51. The number of amides is 1. The van der Waals surface area contributed by atoms with E-state index in [4.69, 9.17) is 0 Å². The molecule has 4 nitrogen and oxygen atoms in total. The Balaban J connectivity index is 1.67. The molecule has 4 heteroatoms. The van der Waals surface area contributed by atoms with E-state index in [0.717, 1.165) is 34.4 Å². The molecule has 3 aliphatic rings. The molecule has 1 amide bonds. The Hall–Kier alpha value is -3.24. The number of hydrogen-bond acceptors (Lipinski definition) is 3. The quantitative estimate of drug-likeness (QED) is 0.619. The zero-order valence-electron chi connectivity index (χ0n) is 18.4. The van der Waals surface area contributed by atoms with E-state index in [1.54, 1.807) is 0 Å². The average molecular weight is 423 g/mol. The van der Waals surface area contributed by atoms with Crippen LogP contribution < -0.4 is 5.32 Å². The smallest absolute Gasteiger partial charge is 0.250 e.